The number of aryl methyl sites for hydroxylation is 1. The van der Waals surface area contributed by atoms with E-state index in [2.05, 4.69) is 64.7 Å². The van der Waals surface area contributed by atoms with Crippen LogP contribution in [-0.2, 0) is 5.75 Å². The lowest BCUT2D eigenvalue weighted by Gasteiger charge is -2.02. The molecule has 0 spiro atoms. The summed E-state index contributed by atoms with van der Waals surface area (Å²) in [6, 6.07) is 18.7. The lowest BCUT2D eigenvalue weighted by Crippen LogP contribution is -1.92. The molecular formula is C20H20N4S. The van der Waals surface area contributed by atoms with Gasteiger partial charge in [-0.3, -0.25) is 0 Å². The lowest BCUT2D eigenvalue weighted by atomic mass is 10.1. The number of hydrogen-bond acceptors (Lipinski definition) is 4. The van der Waals surface area contributed by atoms with Gasteiger partial charge in [0.15, 0.2) is 0 Å². The van der Waals surface area contributed by atoms with Crippen LogP contribution in [0.2, 0.25) is 0 Å². The highest BCUT2D eigenvalue weighted by Crippen LogP contribution is 2.20. The number of aromatic nitrogens is 3. The second-order valence-electron chi connectivity index (χ2n) is 5.78. The van der Waals surface area contributed by atoms with Gasteiger partial charge in [0.25, 0.3) is 0 Å². The molecule has 0 aliphatic heterocycles. The Bertz CT molecular complexity index is 864. The van der Waals surface area contributed by atoms with Crippen molar-refractivity contribution >= 4 is 24.1 Å². The van der Waals surface area contributed by atoms with E-state index >= 15 is 0 Å². The Morgan fingerprint density at radius 1 is 1.12 bits per heavy atom. The third-order valence-electron chi connectivity index (χ3n) is 3.57. The van der Waals surface area contributed by atoms with Crippen molar-refractivity contribution in [3.8, 4) is 0 Å². The molecule has 1 heterocycles. The number of hydrogen-bond donors (Lipinski definition) is 0. The maximum absolute atomic E-state index is 4.47. The number of benzene rings is 2. The van der Waals surface area contributed by atoms with Crippen LogP contribution in [0.25, 0.3) is 6.08 Å². The highest BCUT2D eigenvalue weighted by molar-refractivity contribution is 7.98. The molecule has 0 fully saturated rings. The Morgan fingerprint density at radius 3 is 2.64 bits per heavy atom. The topological polar surface area (TPSA) is 43.1 Å². The highest BCUT2D eigenvalue weighted by atomic mass is 32.2. The molecule has 25 heavy (non-hydrogen) atoms. The fourth-order valence-corrected chi connectivity index (χ4v) is 3.05. The molecule has 2 aromatic carbocycles. The predicted molar refractivity (Wildman–Crippen MR) is 105 cm³/mol. The van der Waals surface area contributed by atoms with E-state index in [4.69, 9.17) is 0 Å². The second kappa shape index (κ2) is 8.44. The van der Waals surface area contributed by atoms with Crippen molar-refractivity contribution in [3.05, 3.63) is 83.2 Å². The first-order valence-electron chi connectivity index (χ1n) is 8.07. The minimum Gasteiger partial charge on any atom is -0.195 e. The summed E-state index contributed by atoms with van der Waals surface area (Å²) in [5.41, 5.74) is 4.75. The third-order valence-corrected chi connectivity index (χ3v) is 4.57. The highest BCUT2D eigenvalue weighted by Gasteiger charge is 2.04. The first kappa shape index (κ1) is 17.2. The Kier molecular flexibility index (Phi) is 5.80. The van der Waals surface area contributed by atoms with Crippen molar-refractivity contribution in [2.75, 3.05) is 0 Å². The first-order chi connectivity index (χ1) is 12.2. The van der Waals surface area contributed by atoms with Crippen molar-refractivity contribution in [1.29, 1.82) is 0 Å². The van der Waals surface area contributed by atoms with Crippen LogP contribution >= 0.6 is 11.8 Å². The largest absolute Gasteiger partial charge is 0.212 e. The normalized spacial score (nSPS) is 12.0. The first-order valence-corrected chi connectivity index (χ1v) is 9.05. The molecule has 0 N–H and O–H groups in total. The average molecular weight is 348 g/mol. The van der Waals surface area contributed by atoms with Crippen molar-refractivity contribution in [2.45, 2.75) is 24.8 Å². The molecule has 0 aliphatic rings. The minimum absolute atomic E-state index is 0.782. The molecule has 0 unspecified atom stereocenters. The van der Waals surface area contributed by atoms with Crippen molar-refractivity contribution in [2.24, 2.45) is 5.10 Å². The number of rotatable bonds is 6. The van der Waals surface area contributed by atoms with Crippen LogP contribution in [0.4, 0.5) is 0 Å². The maximum atomic E-state index is 4.47. The van der Waals surface area contributed by atoms with Crippen LogP contribution in [0.1, 0.15) is 23.6 Å². The van der Waals surface area contributed by atoms with E-state index < -0.39 is 0 Å². The SMILES string of the molecule is CC(/C=N\n1cnnc1SCc1ccc(C)cc1)=C\c1ccccc1. The van der Waals surface area contributed by atoms with E-state index in [0.717, 1.165) is 22.0 Å². The van der Waals surface area contributed by atoms with Crippen LogP contribution < -0.4 is 0 Å². The minimum atomic E-state index is 0.782. The summed E-state index contributed by atoms with van der Waals surface area (Å²) >= 11 is 1.62. The summed E-state index contributed by atoms with van der Waals surface area (Å²) in [5.74, 6) is 0.841. The lowest BCUT2D eigenvalue weighted by molar-refractivity contribution is 0.766. The van der Waals surface area contributed by atoms with Gasteiger partial charge in [0.05, 0.1) is 6.21 Å². The van der Waals surface area contributed by atoms with Gasteiger partial charge in [-0.05, 0) is 30.5 Å². The molecule has 5 heteroatoms. The summed E-state index contributed by atoms with van der Waals surface area (Å²) < 4.78 is 1.71. The fourth-order valence-electron chi connectivity index (χ4n) is 2.23. The molecule has 3 aromatic rings. The molecule has 0 saturated carbocycles. The van der Waals surface area contributed by atoms with E-state index in [1.807, 2.05) is 31.3 Å². The van der Waals surface area contributed by atoms with Gasteiger partial charge in [-0.15, -0.1) is 10.2 Å². The Hall–Kier alpha value is -2.66. The predicted octanol–water partition coefficient (Wildman–Crippen LogP) is 4.82. The molecule has 1 aromatic heterocycles. The monoisotopic (exact) mass is 348 g/mol. The van der Waals surface area contributed by atoms with Gasteiger partial charge in [-0.2, -0.15) is 9.78 Å². The van der Waals surface area contributed by atoms with Crippen LogP contribution in [-0.4, -0.2) is 21.1 Å². The van der Waals surface area contributed by atoms with E-state index in [-0.39, 0.29) is 0 Å². The quantitative estimate of drug-likeness (QED) is 0.474. The molecule has 4 nitrogen and oxygen atoms in total. The molecule has 0 radical (unpaired) electrons. The summed E-state index contributed by atoms with van der Waals surface area (Å²) in [6.07, 6.45) is 5.54. The molecule has 0 amide bonds. The van der Waals surface area contributed by atoms with Crippen molar-refractivity contribution < 1.29 is 0 Å². The second-order valence-corrected chi connectivity index (χ2v) is 6.72. The van der Waals surface area contributed by atoms with Crippen LogP contribution in [0, 0.1) is 6.92 Å². The zero-order chi connectivity index (χ0) is 17.5. The Labute approximate surface area is 152 Å². The number of thioether (sulfide) groups is 1. The van der Waals surface area contributed by atoms with E-state index in [0.29, 0.717) is 0 Å². The standard InChI is InChI=1S/C20H20N4S/c1-16-8-10-19(11-9-16)14-25-20-23-21-15-24(20)22-13-17(2)12-18-6-4-3-5-7-18/h3-13,15H,14H2,1-2H3/b17-12+,22-13-. The maximum Gasteiger partial charge on any atom is 0.212 e. The van der Waals surface area contributed by atoms with Gasteiger partial charge in [0.2, 0.25) is 5.16 Å². The molecule has 126 valence electrons. The van der Waals surface area contributed by atoms with Gasteiger partial charge in [-0.1, -0.05) is 78.0 Å². The van der Waals surface area contributed by atoms with Gasteiger partial charge in [-0.25, -0.2) is 0 Å². The van der Waals surface area contributed by atoms with Crippen LogP contribution in [0.3, 0.4) is 0 Å². The fraction of sp³-hybridized carbons (Fsp3) is 0.150. The van der Waals surface area contributed by atoms with Crippen LogP contribution in [0.5, 0.6) is 0 Å². The number of nitrogens with zero attached hydrogens (tertiary/aromatic N) is 4. The molecule has 0 saturated heterocycles. The molecule has 3 rings (SSSR count). The zero-order valence-corrected chi connectivity index (χ0v) is 15.1. The third kappa shape index (κ3) is 5.16. The smallest absolute Gasteiger partial charge is 0.195 e. The summed E-state index contributed by atoms with van der Waals surface area (Å²) in [6.45, 7) is 4.12. The van der Waals surface area contributed by atoms with Crippen molar-refractivity contribution in [3.63, 3.8) is 0 Å². The summed E-state index contributed by atoms with van der Waals surface area (Å²) in [5, 5.41) is 13.4. The summed E-state index contributed by atoms with van der Waals surface area (Å²) in [4.78, 5) is 0. The van der Waals surface area contributed by atoms with Gasteiger partial charge in [0, 0.05) is 5.75 Å². The van der Waals surface area contributed by atoms with E-state index in [1.54, 1.807) is 22.8 Å². The average Bonchev–Trinajstić information content (AvgIpc) is 3.08. The molecule has 0 aliphatic carbocycles. The van der Waals surface area contributed by atoms with Crippen molar-refractivity contribution in [1.82, 2.24) is 14.9 Å². The Balaban J connectivity index is 1.65. The van der Waals surface area contributed by atoms with Gasteiger partial charge in [0.1, 0.15) is 6.33 Å². The summed E-state index contributed by atoms with van der Waals surface area (Å²) in [7, 11) is 0. The van der Waals surface area contributed by atoms with Gasteiger partial charge < -0.3 is 0 Å². The molecular weight excluding hydrogens is 328 g/mol. The van der Waals surface area contributed by atoms with E-state index in [9.17, 15) is 0 Å². The number of allylic oxidation sites excluding steroid dienone is 1. The van der Waals surface area contributed by atoms with E-state index in [1.165, 1.54) is 11.1 Å². The Morgan fingerprint density at radius 2 is 1.88 bits per heavy atom. The molecule has 0 atom stereocenters. The van der Waals surface area contributed by atoms with Crippen LogP contribution in [0.15, 0.2) is 76.8 Å². The molecule has 0 bridgehead atoms. The zero-order valence-electron chi connectivity index (χ0n) is 14.3. The van der Waals surface area contributed by atoms with Gasteiger partial charge >= 0.3 is 0 Å².